The molecule has 0 saturated carbocycles. The molecule has 17 heavy (non-hydrogen) atoms. The Bertz CT molecular complexity index is 237. The van der Waals surface area contributed by atoms with Crippen molar-refractivity contribution >= 4 is 34.9 Å². The van der Waals surface area contributed by atoms with E-state index in [4.69, 9.17) is 4.74 Å². The molecular formula is C12H23Br2NNiO. The standard InChI is InChI=1S/C12H23NO.2BrH.Ni/c1-8(2)11-12(9(3)4,10(5)6)14-7-13-11;;;/h7-11H,1-6H3;2*1H;/q;;;+2/p-2/t11-;;;/m1.../s1. The Morgan fingerprint density at radius 2 is 1.53 bits per heavy atom. The van der Waals surface area contributed by atoms with Crippen LogP contribution in [0.1, 0.15) is 41.5 Å². The van der Waals surface area contributed by atoms with Gasteiger partial charge in [-0.1, -0.05) is 41.5 Å². The summed E-state index contributed by atoms with van der Waals surface area (Å²) in [6, 6.07) is 0.308. The van der Waals surface area contributed by atoms with Gasteiger partial charge >= 0.3 is 39.3 Å². The number of hydrogen-bond donors (Lipinski definition) is 0. The van der Waals surface area contributed by atoms with Crippen LogP contribution in [0.15, 0.2) is 4.99 Å². The van der Waals surface area contributed by atoms with E-state index in [1.165, 1.54) is 10.9 Å². The first-order chi connectivity index (χ1) is 7.84. The summed E-state index contributed by atoms with van der Waals surface area (Å²) in [6.07, 6.45) is 1.66. The quantitative estimate of drug-likeness (QED) is 0.606. The maximum absolute atomic E-state index is 5.85. The summed E-state index contributed by atoms with van der Waals surface area (Å²) in [6.45, 7) is 13.3. The first-order valence-electron chi connectivity index (χ1n) is 5.86. The van der Waals surface area contributed by atoms with Gasteiger partial charge in [0.1, 0.15) is 5.60 Å². The third kappa shape index (κ3) is 4.21. The molecule has 0 amide bonds. The van der Waals surface area contributed by atoms with Gasteiger partial charge in [-0.25, -0.2) is 0 Å². The molecule has 0 aliphatic carbocycles. The van der Waals surface area contributed by atoms with E-state index in [9.17, 15) is 0 Å². The van der Waals surface area contributed by atoms with Gasteiger partial charge in [0.2, 0.25) is 0 Å². The fourth-order valence-electron chi connectivity index (χ4n) is 2.69. The number of rotatable bonds is 3. The van der Waals surface area contributed by atoms with E-state index < -0.39 is 0 Å². The molecule has 1 atom stereocenters. The van der Waals surface area contributed by atoms with Crippen LogP contribution in [0.2, 0.25) is 0 Å². The summed E-state index contributed by atoms with van der Waals surface area (Å²) in [7, 11) is 1.25. The van der Waals surface area contributed by atoms with Gasteiger partial charge in [0.05, 0.1) is 6.04 Å². The Balaban J connectivity index is 0.000000770. The molecule has 1 aliphatic rings. The number of aliphatic imine (C=N–C) groups is 1. The first kappa shape index (κ1) is 17.9. The zero-order chi connectivity index (χ0) is 13.6. The molecule has 2 nitrogen and oxygen atoms in total. The summed E-state index contributed by atoms with van der Waals surface area (Å²) in [5.74, 6) is 1.54. The van der Waals surface area contributed by atoms with Crippen LogP contribution in [-0.4, -0.2) is 18.0 Å². The van der Waals surface area contributed by atoms with Gasteiger partial charge in [-0.2, -0.15) is 0 Å². The number of nitrogens with zero attached hydrogens (tertiary/aromatic N) is 1. The van der Waals surface area contributed by atoms with Crippen molar-refractivity contribution in [3.05, 3.63) is 0 Å². The fraction of sp³-hybridized carbons (Fsp3) is 0.917. The second-order valence-corrected chi connectivity index (χ2v) is 10.3. The van der Waals surface area contributed by atoms with Gasteiger partial charge in [-0.3, -0.25) is 4.99 Å². The molecule has 1 heterocycles. The molecule has 0 N–H and O–H groups in total. The molecule has 0 aromatic rings. The van der Waals surface area contributed by atoms with E-state index in [0.29, 0.717) is 23.8 Å². The molecule has 1 aliphatic heterocycles. The predicted octanol–water partition coefficient (Wildman–Crippen LogP) is 4.81. The molecule has 106 valence electrons. The Morgan fingerprint density at radius 3 is 1.76 bits per heavy atom. The Labute approximate surface area is 126 Å². The summed E-state index contributed by atoms with van der Waals surface area (Å²) in [5.41, 5.74) is -0.0891. The summed E-state index contributed by atoms with van der Waals surface area (Å²) >= 11 is 6.00. The van der Waals surface area contributed by atoms with Gasteiger partial charge in [-0.05, 0) is 17.8 Å². The van der Waals surface area contributed by atoms with E-state index in [0.717, 1.165) is 0 Å². The van der Waals surface area contributed by atoms with Crippen molar-refractivity contribution in [1.82, 2.24) is 0 Å². The molecule has 0 unspecified atom stereocenters. The molecule has 0 aromatic carbocycles. The van der Waals surface area contributed by atoms with E-state index in [1.54, 1.807) is 6.40 Å². The van der Waals surface area contributed by atoms with E-state index in [1.807, 2.05) is 0 Å². The zero-order valence-corrected chi connectivity index (χ0v) is 15.5. The van der Waals surface area contributed by atoms with Crippen molar-refractivity contribution in [1.29, 1.82) is 0 Å². The van der Waals surface area contributed by atoms with Crippen molar-refractivity contribution in [2.75, 3.05) is 0 Å². The van der Waals surface area contributed by atoms with Crippen LogP contribution in [0, 0.1) is 17.8 Å². The first-order valence-corrected chi connectivity index (χ1v) is 10.7. The second kappa shape index (κ2) is 8.17. The average molecular weight is 416 g/mol. The number of halogens is 2. The van der Waals surface area contributed by atoms with Crippen LogP contribution >= 0.6 is 28.5 Å². The summed E-state index contributed by atoms with van der Waals surface area (Å²) < 4.78 is 5.85. The molecule has 0 spiro atoms. The maximum atomic E-state index is 5.85. The normalized spacial score (nSPS) is 21.9. The van der Waals surface area contributed by atoms with Crippen LogP contribution in [0.3, 0.4) is 0 Å². The van der Waals surface area contributed by atoms with Crippen molar-refractivity contribution in [3.63, 3.8) is 0 Å². The Hall–Kier alpha value is 0.924. The topological polar surface area (TPSA) is 21.6 Å². The SMILES string of the molecule is CC(C)[C@H]1N=COC1(C(C)C)C(C)C.[Br][Ni][Br]. The molecule has 0 aromatic heterocycles. The van der Waals surface area contributed by atoms with Gasteiger partial charge in [0.15, 0.2) is 6.40 Å². The van der Waals surface area contributed by atoms with Crippen LogP contribution in [-0.2, 0) is 15.6 Å². The van der Waals surface area contributed by atoms with Crippen LogP contribution in [0.25, 0.3) is 0 Å². The molecule has 0 radical (unpaired) electrons. The van der Waals surface area contributed by atoms with Gasteiger partial charge in [-0.15, -0.1) is 0 Å². The van der Waals surface area contributed by atoms with Gasteiger partial charge < -0.3 is 4.74 Å². The van der Waals surface area contributed by atoms with Crippen molar-refractivity contribution in [3.8, 4) is 0 Å². The minimum atomic E-state index is -0.0891. The van der Waals surface area contributed by atoms with Crippen molar-refractivity contribution in [2.45, 2.75) is 53.2 Å². The minimum absolute atomic E-state index is 0.0891. The van der Waals surface area contributed by atoms with E-state index in [-0.39, 0.29) is 5.60 Å². The average Bonchev–Trinajstić information content (AvgIpc) is 2.63. The monoisotopic (exact) mass is 413 g/mol. The van der Waals surface area contributed by atoms with Crippen molar-refractivity contribution in [2.24, 2.45) is 22.7 Å². The van der Waals surface area contributed by atoms with Crippen LogP contribution in [0.5, 0.6) is 0 Å². The molecule has 0 saturated heterocycles. The molecule has 0 bridgehead atoms. The molecule has 5 heteroatoms. The zero-order valence-electron chi connectivity index (χ0n) is 11.3. The van der Waals surface area contributed by atoms with E-state index >= 15 is 0 Å². The van der Waals surface area contributed by atoms with Crippen LogP contribution in [0.4, 0.5) is 0 Å². The third-order valence-electron chi connectivity index (χ3n) is 3.38. The molecule has 0 fully saturated rings. The number of hydrogen-bond acceptors (Lipinski definition) is 2. The summed E-state index contributed by atoms with van der Waals surface area (Å²) in [4.78, 5) is 4.48. The molecule has 1 rings (SSSR count). The third-order valence-corrected chi connectivity index (χ3v) is 3.38. The fourth-order valence-corrected chi connectivity index (χ4v) is 2.69. The Morgan fingerprint density at radius 1 is 1.12 bits per heavy atom. The second-order valence-electron chi connectivity index (χ2n) is 5.27. The summed E-state index contributed by atoms with van der Waals surface area (Å²) in [5, 5.41) is 0. The van der Waals surface area contributed by atoms with Gasteiger partial charge in [0.25, 0.3) is 0 Å². The van der Waals surface area contributed by atoms with E-state index in [2.05, 4.69) is 75.0 Å². The Kier molecular flexibility index (Phi) is 8.61. The molecular weight excluding hydrogens is 393 g/mol. The number of ether oxygens (including phenoxy) is 1. The predicted molar refractivity (Wildman–Crippen MR) is 78.5 cm³/mol. The van der Waals surface area contributed by atoms with Crippen LogP contribution < -0.4 is 0 Å². The van der Waals surface area contributed by atoms with Gasteiger partial charge in [0, 0.05) is 0 Å². The van der Waals surface area contributed by atoms with Crippen molar-refractivity contribution < 1.29 is 15.6 Å².